The molecule has 3 aromatic heterocycles. The number of aryl methyl sites for hydroxylation is 3. The monoisotopic (exact) mass is 495 g/mol. The number of rotatable bonds is 5. The molecule has 0 spiro atoms. The van der Waals surface area contributed by atoms with Gasteiger partial charge in [-0.25, -0.2) is 15.0 Å². The van der Waals surface area contributed by atoms with Crippen molar-refractivity contribution in [1.82, 2.24) is 20.3 Å². The second-order valence-electron chi connectivity index (χ2n) is 9.74. The van der Waals surface area contributed by atoms with Gasteiger partial charge in [-0.2, -0.15) is 0 Å². The topological polar surface area (TPSA) is 132 Å². The number of hydrogen-bond acceptors (Lipinski definition) is 9. The Hall–Kier alpha value is -2.82. The van der Waals surface area contributed by atoms with Gasteiger partial charge in [0.2, 0.25) is 0 Å². The molecule has 1 aliphatic heterocycles. The first-order valence-electron chi connectivity index (χ1n) is 12.1. The SMILES string of the molecule is COC(C)C1CN(c2ccc3c(n2)CCC(NC(=O)c2sc4nc(C)nc(C)c4c2N)C3)CC1N. The summed E-state index contributed by atoms with van der Waals surface area (Å²) in [5, 5.41) is 3.96. The van der Waals surface area contributed by atoms with E-state index < -0.39 is 0 Å². The molecule has 10 heteroatoms. The summed E-state index contributed by atoms with van der Waals surface area (Å²) in [4.78, 5) is 30.5. The van der Waals surface area contributed by atoms with Crippen LogP contribution in [0.15, 0.2) is 12.1 Å². The quantitative estimate of drug-likeness (QED) is 0.491. The normalized spacial score (nSPS) is 22.9. The predicted octanol–water partition coefficient (Wildman–Crippen LogP) is 2.37. The van der Waals surface area contributed by atoms with Crippen LogP contribution in [0, 0.1) is 19.8 Å². The Morgan fingerprint density at radius 1 is 1.26 bits per heavy atom. The maximum Gasteiger partial charge on any atom is 0.263 e. The largest absolute Gasteiger partial charge is 0.397 e. The van der Waals surface area contributed by atoms with E-state index in [2.05, 4.69) is 39.2 Å². The molecule has 9 nitrogen and oxygen atoms in total. The molecular formula is C25H33N7O2S. The fourth-order valence-corrected chi connectivity index (χ4v) is 6.46. The first kappa shape index (κ1) is 23.9. The molecule has 3 aromatic rings. The number of aromatic nitrogens is 3. The molecule has 0 aromatic carbocycles. The number of fused-ring (bicyclic) bond motifs is 2. The summed E-state index contributed by atoms with van der Waals surface area (Å²) in [6, 6.07) is 4.32. The standard InChI is InChI=1S/C25H33N7O2S/c1-12-21-22(27)23(35-25(21)29-14(3)28-12)24(33)30-16-6-7-19-15(9-16)5-8-20(31-19)32-10-17(13(2)34-4)18(26)11-32/h5,8,13,16-18H,6-7,9-11,26-27H2,1-4H3,(H,30,33). The number of nitrogen functional groups attached to an aromatic ring is 1. The molecule has 5 N–H and O–H groups in total. The van der Waals surface area contributed by atoms with E-state index in [1.54, 1.807) is 7.11 Å². The summed E-state index contributed by atoms with van der Waals surface area (Å²) in [5.41, 5.74) is 16.3. The van der Waals surface area contributed by atoms with Crippen LogP contribution < -0.4 is 21.7 Å². The lowest BCUT2D eigenvalue weighted by atomic mass is 9.91. The molecule has 5 rings (SSSR count). The van der Waals surface area contributed by atoms with Gasteiger partial charge in [0.25, 0.3) is 5.91 Å². The minimum atomic E-state index is -0.148. The number of amides is 1. The molecule has 0 saturated carbocycles. The zero-order valence-corrected chi connectivity index (χ0v) is 21.5. The Balaban J connectivity index is 1.27. The van der Waals surface area contributed by atoms with Crippen molar-refractivity contribution in [2.24, 2.45) is 11.7 Å². The number of anilines is 2. The lowest BCUT2D eigenvalue weighted by molar-refractivity contribution is 0.0692. The number of carbonyl (C=O) groups is 1. The Bertz CT molecular complexity index is 1280. The maximum atomic E-state index is 13.1. The first-order valence-corrected chi connectivity index (χ1v) is 12.9. The predicted molar refractivity (Wildman–Crippen MR) is 139 cm³/mol. The van der Waals surface area contributed by atoms with Crippen LogP contribution in [0.25, 0.3) is 10.2 Å². The molecule has 1 fully saturated rings. The summed E-state index contributed by atoms with van der Waals surface area (Å²) in [5.74, 6) is 1.79. The van der Waals surface area contributed by atoms with E-state index in [1.807, 2.05) is 13.8 Å². The summed E-state index contributed by atoms with van der Waals surface area (Å²) in [6.07, 6.45) is 2.52. The molecule has 1 saturated heterocycles. The van der Waals surface area contributed by atoms with Gasteiger partial charge in [0.05, 0.1) is 22.9 Å². The third-order valence-corrected chi connectivity index (χ3v) is 8.48. The van der Waals surface area contributed by atoms with Crippen molar-refractivity contribution in [2.45, 2.75) is 58.2 Å². The Labute approximate surface area is 209 Å². The number of nitrogens with one attached hydrogen (secondary N) is 1. The van der Waals surface area contributed by atoms with Crippen LogP contribution in [0.3, 0.4) is 0 Å². The number of carbonyl (C=O) groups excluding carboxylic acids is 1. The Kier molecular flexibility index (Phi) is 6.37. The van der Waals surface area contributed by atoms with Crippen LogP contribution in [-0.4, -0.2) is 59.2 Å². The molecule has 0 radical (unpaired) electrons. The summed E-state index contributed by atoms with van der Waals surface area (Å²) in [7, 11) is 1.73. The summed E-state index contributed by atoms with van der Waals surface area (Å²) >= 11 is 1.33. The first-order chi connectivity index (χ1) is 16.7. The number of hydrogen-bond donors (Lipinski definition) is 3. The number of nitrogens with zero attached hydrogens (tertiary/aromatic N) is 4. The molecule has 186 valence electrons. The number of ether oxygens (including phenoxy) is 1. The molecule has 1 amide bonds. The van der Waals surface area contributed by atoms with Crippen molar-refractivity contribution >= 4 is 39.0 Å². The van der Waals surface area contributed by atoms with Crippen molar-refractivity contribution in [3.8, 4) is 0 Å². The second kappa shape index (κ2) is 9.33. The smallest absolute Gasteiger partial charge is 0.263 e. The minimum Gasteiger partial charge on any atom is -0.397 e. The van der Waals surface area contributed by atoms with Crippen molar-refractivity contribution in [1.29, 1.82) is 0 Å². The van der Waals surface area contributed by atoms with Crippen molar-refractivity contribution < 1.29 is 9.53 Å². The summed E-state index contributed by atoms with van der Waals surface area (Å²) in [6.45, 7) is 7.45. The fourth-order valence-electron chi connectivity index (χ4n) is 5.36. The zero-order valence-electron chi connectivity index (χ0n) is 20.7. The Morgan fingerprint density at radius 2 is 2.06 bits per heavy atom. The number of nitrogens with two attached hydrogens (primary N) is 2. The third kappa shape index (κ3) is 4.46. The highest BCUT2D eigenvalue weighted by atomic mass is 32.1. The molecule has 4 heterocycles. The van der Waals surface area contributed by atoms with Gasteiger partial charge in [0.1, 0.15) is 21.3 Å². The Morgan fingerprint density at radius 3 is 2.83 bits per heavy atom. The van der Waals surface area contributed by atoms with Crippen molar-refractivity contribution in [3.05, 3.63) is 39.8 Å². The van der Waals surface area contributed by atoms with Gasteiger partial charge in [-0.15, -0.1) is 11.3 Å². The van der Waals surface area contributed by atoms with Gasteiger partial charge < -0.3 is 26.4 Å². The van der Waals surface area contributed by atoms with Gasteiger partial charge in [0, 0.05) is 43.9 Å². The van der Waals surface area contributed by atoms with E-state index in [1.165, 1.54) is 16.9 Å². The average Bonchev–Trinajstić information content (AvgIpc) is 3.38. The third-order valence-electron chi connectivity index (χ3n) is 7.38. The number of methoxy groups -OCH3 is 1. The molecule has 0 bridgehead atoms. The molecule has 4 atom stereocenters. The highest BCUT2D eigenvalue weighted by Gasteiger charge is 2.35. The molecule has 4 unspecified atom stereocenters. The van der Waals surface area contributed by atoms with E-state index in [-0.39, 0.29) is 30.0 Å². The van der Waals surface area contributed by atoms with Crippen LogP contribution in [0.1, 0.15) is 45.8 Å². The van der Waals surface area contributed by atoms with Gasteiger partial charge >= 0.3 is 0 Å². The fraction of sp³-hybridized carbons (Fsp3) is 0.520. The van der Waals surface area contributed by atoms with Gasteiger partial charge in [-0.1, -0.05) is 6.07 Å². The van der Waals surface area contributed by atoms with Gasteiger partial charge in [-0.05, 0) is 51.7 Å². The number of thiophene rings is 1. The van der Waals surface area contributed by atoms with Gasteiger partial charge in [-0.3, -0.25) is 4.79 Å². The number of pyridine rings is 1. The molecule has 1 aliphatic carbocycles. The van der Waals surface area contributed by atoms with E-state index >= 15 is 0 Å². The molecule has 2 aliphatic rings. The van der Waals surface area contributed by atoms with Crippen LogP contribution in [-0.2, 0) is 17.6 Å². The maximum absolute atomic E-state index is 13.1. The second-order valence-corrected chi connectivity index (χ2v) is 10.7. The lowest BCUT2D eigenvalue weighted by Gasteiger charge is -2.27. The van der Waals surface area contributed by atoms with Crippen molar-refractivity contribution in [3.63, 3.8) is 0 Å². The van der Waals surface area contributed by atoms with Gasteiger partial charge in [0.15, 0.2) is 0 Å². The average molecular weight is 496 g/mol. The van der Waals surface area contributed by atoms with Crippen molar-refractivity contribution in [2.75, 3.05) is 30.8 Å². The summed E-state index contributed by atoms with van der Waals surface area (Å²) < 4.78 is 5.51. The van der Waals surface area contributed by atoms with Crippen LogP contribution in [0.5, 0.6) is 0 Å². The van der Waals surface area contributed by atoms with E-state index in [0.29, 0.717) is 16.4 Å². The molecular weight excluding hydrogens is 462 g/mol. The van der Waals surface area contributed by atoms with E-state index in [0.717, 1.165) is 59.8 Å². The van der Waals surface area contributed by atoms with E-state index in [4.69, 9.17) is 21.2 Å². The van der Waals surface area contributed by atoms with Crippen LogP contribution >= 0.6 is 11.3 Å². The van der Waals surface area contributed by atoms with E-state index in [9.17, 15) is 4.79 Å². The van der Waals surface area contributed by atoms with Crippen LogP contribution in [0.2, 0.25) is 0 Å². The highest BCUT2D eigenvalue weighted by molar-refractivity contribution is 7.21. The zero-order chi connectivity index (χ0) is 24.9. The highest BCUT2D eigenvalue weighted by Crippen LogP contribution is 2.34. The molecule has 35 heavy (non-hydrogen) atoms. The van der Waals surface area contributed by atoms with Crippen LogP contribution in [0.4, 0.5) is 11.5 Å². The minimum absolute atomic E-state index is 0.0355. The lowest BCUT2D eigenvalue weighted by Crippen LogP contribution is -2.39.